The van der Waals surface area contributed by atoms with Gasteiger partial charge in [0.1, 0.15) is 24.0 Å². The monoisotopic (exact) mass is 364 g/mol. The zero-order valence-electron chi connectivity index (χ0n) is 14.8. The number of piperazine rings is 1. The van der Waals surface area contributed by atoms with Gasteiger partial charge in [0, 0.05) is 43.8 Å². The van der Waals surface area contributed by atoms with Crippen molar-refractivity contribution < 1.29 is 9.13 Å². The lowest BCUT2D eigenvalue weighted by molar-refractivity contribution is 0.387. The molecule has 7 nitrogen and oxygen atoms in total. The number of aromatic nitrogens is 3. The van der Waals surface area contributed by atoms with Crippen molar-refractivity contribution >= 4 is 22.5 Å². The Kier molecular flexibility index (Phi) is 4.42. The highest BCUT2D eigenvalue weighted by Crippen LogP contribution is 2.30. The van der Waals surface area contributed by atoms with Crippen LogP contribution in [0.15, 0.2) is 36.8 Å². The summed E-state index contributed by atoms with van der Waals surface area (Å²) in [6, 6.07) is 8.72. The van der Waals surface area contributed by atoms with E-state index in [1.807, 2.05) is 0 Å². The Morgan fingerprint density at radius 1 is 1.07 bits per heavy atom. The van der Waals surface area contributed by atoms with Gasteiger partial charge in [-0.05, 0) is 18.2 Å². The molecule has 0 radical (unpaired) electrons. The van der Waals surface area contributed by atoms with E-state index >= 15 is 0 Å². The van der Waals surface area contributed by atoms with Crippen LogP contribution < -0.4 is 14.5 Å². The molecule has 0 N–H and O–H groups in total. The zero-order valence-corrected chi connectivity index (χ0v) is 14.8. The lowest BCUT2D eigenvalue weighted by Gasteiger charge is -2.36. The third-order valence-corrected chi connectivity index (χ3v) is 4.67. The molecule has 1 aliphatic heterocycles. The van der Waals surface area contributed by atoms with E-state index in [1.54, 1.807) is 24.4 Å². The normalized spacial score (nSPS) is 14.3. The highest BCUT2D eigenvalue weighted by molar-refractivity contribution is 5.90. The first-order chi connectivity index (χ1) is 13.2. The molecule has 4 rings (SSSR count). The molecule has 3 heterocycles. The molecular weight excluding hydrogens is 347 g/mol. The molecule has 27 heavy (non-hydrogen) atoms. The summed E-state index contributed by atoms with van der Waals surface area (Å²) in [4.78, 5) is 17.2. The van der Waals surface area contributed by atoms with Crippen molar-refractivity contribution in [2.75, 3.05) is 43.1 Å². The van der Waals surface area contributed by atoms with E-state index in [-0.39, 0.29) is 5.75 Å². The quantitative estimate of drug-likeness (QED) is 0.706. The van der Waals surface area contributed by atoms with Crippen LogP contribution in [0.1, 0.15) is 5.56 Å². The van der Waals surface area contributed by atoms with Crippen LogP contribution in [-0.2, 0) is 0 Å². The van der Waals surface area contributed by atoms with Crippen molar-refractivity contribution in [3.8, 4) is 11.8 Å². The first kappa shape index (κ1) is 17.0. The summed E-state index contributed by atoms with van der Waals surface area (Å²) < 4.78 is 19.1. The predicted octanol–water partition coefficient (Wildman–Crippen LogP) is 2.37. The number of hydrogen-bond acceptors (Lipinski definition) is 7. The van der Waals surface area contributed by atoms with Crippen molar-refractivity contribution in [1.29, 1.82) is 5.26 Å². The Labute approximate surface area is 155 Å². The Bertz CT molecular complexity index is 1030. The second-order valence-corrected chi connectivity index (χ2v) is 6.16. The largest absolute Gasteiger partial charge is 0.494 e. The summed E-state index contributed by atoms with van der Waals surface area (Å²) in [7, 11) is 1.44. The van der Waals surface area contributed by atoms with Crippen LogP contribution in [0.25, 0.3) is 10.9 Å². The second-order valence-electron chi connectivity index (χ2n) is 6.16. The molecule has 136 valence electrons. The van der Waals surface area contributed by atoms with E-state index in [1.165, 1.54) is 19.5 Å². The van der Waals surface area contributed by atoms with Gasteiger partial charge in [-0.3, -0.25) is 0 Å². The number of methoxy groups -OCH3 is 1. The maximum Gasteiger partial charge on any atom is 0.167 e. The molecule has 0 atom stereocenters. The van der Waals surface area contributed by atoms with Gasteiger partial charge < -0.3 is 14.5 Å². The van der Waals surface area contributed by atoms with Crippen LogP contribution in [0.3, 0.4) is 0 Å². The van der Waals surface area contributed by atoms with Crippen LogP contribution in [-0.4, -0.2) is 48.2 Å². The molecule has 1 aliphatic rings. The van der Waals surface area contributed by atoms with Crippen molar-refractivity contribution in [2.45, 2.75) is 0 Å². The van der Waals surface area contributed by atoms with Crippen LogP contribution >= 0.6 is 0 Å². The molecule has 8 heteroatoms. The summed E-state index contributed by atoms with van der Waals surface area (Å²) in [6.45, 7) is 2.81. The van der Waals surface area contributed by atoms with Crippen LogP contribution in [0, 0.1) is 17.1 Å². The molecular formula is C19H17FN6O. The first-order valence-corrected chi connectivity index (χ1v) is 8.54. The lowest BCUT2D eigenvalue weighted by atomic mass is 10.2. The summed E-state index contributed by atoms with van der Waals surface area (Å²) >= 11 is 0. The molecule has 0 unspecified atom stereocenters. The Morgan fingerprint density at radius 3 is 2.52 bits per heavy atom. The molecule has 1 aromatic carbocycles. The number of benzene rings is 1. The third-order valence-electron chi connectivity index (χ3n) is 4.67. The van der Waals surface area contributed by atoms with Crippen molar-refractivity contribution in [1.82, 2.24) is 15.0 Å². The van der Waals surface area contributed by atoms with Crippen LogP contribution in [0.2, 0.25) is 0 Å². The van der Waals surface area contributed by atoms with Crippen molar-refractivity contribution in [3.63, 3.8) is 0 Å². The average Bonchev–Trinajstić information content (AvgIpc) is 2.73. The van der Waals surface area contributed by atoms with E-state index in [2.05, 4.69) is 30.8 Å². The van der Waals surface area contributed by atoms with E-state index in [0.29, 0.717) is 43.1 Å². The number of fused-ring (bicyclic) bond motifs is 1. The zero-order chi connectivity index (χ0) is 18.8. The van der Waals surface area contributed by atoms with Gasteiger partial charge in [0.25, 0.3) is 0 Å². The maximum absolute atomic E-state index is 14.0. The van der Waals surface area contributed by atoms with Gasteiger partial charge in [-0.15, -0.1) is 0 Å². The summed E-state index contributed by atoms with van der Waals surface area (Å²) in [5, 5.41) is 10.0. The van der Waals surface area contributed by atoms with E-state index in [0.717, 1.165) is 11.2 Å². The Morgan fingerprint density at radius 2 is 1.81 bits per heavy atom. The molecule has 1 fully saturated rings. The second kappa shape index (κ2) is 7.03. The van der Waals surface area contributed by atoms with Gasteiger partial charge in [-0.2, -0.15) is 5.26 Å². The van der Waals surface area contributed by atoms with Gasteiger partial charge >= 0.3 is 0 Å². The van der Waals surface area contributed by atoms with Gasteiger partial charge in [-0.1, -0.05) is 0 Å². The molecule has 2 aromatic heterocycles. The number of hydrogen-bond donors (Lipinski definition) is 0. The smallest absolute Gasteiger partial charge is 0.167 e. The minimum atomic E-state index is -0.446. The minimum Gasteiger partial charge on any atom is -0.494 e. The van der Waals surface area contributed by atoms with E-state index in [9.17, 15) is 9.65 Å². The minimum absolute atomic E-state index is 0.171. The topological polar surface area (TPSA) is 78.2 Å². The average molecular weight is 364 g/mol. The first-order valence-electron chi connectivity index (χ1n) is 8.54. The number of halogens is 1. The molecule has 0 spiro atoms. The van der Waals surface area contributed by atoms with Crippen LogP contribution in [0.4, 0.5) is 16.0 Å². The molecule has 0 saturated carbocycles. The highest BCUT2D eigenvalue weighted by Gasteiger charge is 2.23. The number of rotatable bonds is 3. The summed E-state index contributed by atoms with van der Waals surface area (Å²) in [5.74, 6) is 1.18. The van der Waals surface area contributed by atoms with Gasteiger partial charge in [0.15, 0.2) is 11.6 Å². The fraction of sp³-hybridized carbons (Fsp3) is 0.263. The number of nitrogens with zero attached hydrogens (tertiary/aromatic N) is 6. The fourth-order valence-corrected chi connectivity index (χ4v) is 3.32. The van der Waals surface area contributed by atoms with Crippen LogP contribution in [0.5, 0.6) is 5.75 Å². The predicted molar refractivity (Wildman–Crippen MR) is 99.4 cm³/mol. The lowest BCUT2D eigenvalue weighted by Crippen LogP contribution is -2.47. The summed E-state index contributed by atoms with van der Waals surface area (Å²) in [5.41, 5.74) is 1.11. The molecule has 0 aliphatic carbocycles. The van der Waals surface area contributed by atoms with Gasteiger partial charge in [0.2, 0.25) is 0 Å². The standard InChI is InChI=1S/C19H17FN6O/c1-27-17-9-14-16(10-15(17)20)23-12-24-19(14)26-7-5-25(6-8-26)18-13(11-21)3-2-4-22-18/h2-4,9-10,12H,5-8H2,1H3. The molecule has 0 bridgehead atoms. The molecule has 0 amide bonds. The van der Waals surface area contributed by atoms with E-state index in [4.69, 9.17) is 4.74 Å². The number of pyridine rings is 1. The maximum atomic E-state index is 14.0. The number of ether oxygens (including phenoxy) is 1. The molecule has 1 saturated heterocycles. The SMILES string of the molecule is COc1cc2c(N3CCN(c4ncccc4C#N)CC3)ncnc2cc1F. The number of nitriles is 1. The van der Waals surface area contributed by atoms with Crippen molar-refractivity contribution in [2.24, 2.45) is 0 Å². The number of anilines is 2. The fourth-order valence-electron chi connectivity index (χ4n) is 3.32. The van der Waals surface area contributed by atoms with E-state index < -0.39 is 5.82 Å². The highest BCUT2D eigenvalue weighted by atomic mass is 19.1. The Hall–Kier alpha value is -3.47. The molecule has 3 aromatic rings. The third kappa shape index (κ3) is 3.08. The van der Waals surface area contributed by atoms with Gasteiger partial charge in [0.05, 0.1) is 18.2 Å². The Balaban J connectivity index is 1.61. The summed E-state index contributed by atoms with van der Waals surface area (Å²) in [6.07, 6.45) is 3.14. The van der Waals surface area contributed by atoms with Gasteiger partial charge in [-0.25, -0.2) is 19.3 Å². The van der Waals surface area contributed by atoms with Crippen molar-refractivity contribution in [3.05, 3.63) is 48.2 Å².